The maximum Gasteiger partial charge on any atom is 0.150 e. The van der Waals surface area contributed by atoms with Crippen molar-refractivity contribution >= 4 is 21.4 Å². The average molecular weight is 255 g/mol. The van der Waals surface area contributed by atoms with Crippen molar-refractivity contribution in [2.75, 3.05) is 0 Å². The standard InChI is InChI=1S/C10H8BrFN2/c11-9-8-7(12)2-1-5-14(8)10(13-9)6-3-4-6/h1-2,5-6H,3-4H2. The van der Waals surface area contributed by atoms with Crippen molar-refractivity contribution in [2.24, 2.45) is 0 Å². The van der Waals surface area contributed by atoms with Gasteiger partial charge in [-0.25, -0.2) is 9.37 Å². The summed E-state index contributed by atoms with van der Waals surface area (Å²) < 4.78 is 15.9. The second-order valence-corrected chi connectivity index (χ2v) is 4.36. The van der Waals surface area contributed by atoms with Gasteiger partial charge in [0.05, 0.1) is 0 Å². The summed E-state index contributed by atoms with van der Waals surface area (Å²) in [5.41, 5.74) is 0.550. The summed E-state index contributed by atoms with van der Waals surface area (Å²) in [6, 6.07) is 3.17. The van der Waals surface area contributed by atoms with Crippen LogP contribution in [-0.4, -0.2) is 9.38 Å². The second kappa shape index (κ2) is 2.79. The van der Waals surface area contributed by atoms with Crippen LogP contribution in [0.15, 0.2) is 22.9 Å². The van der Waals surface area contributed by atoms with Crippen LogP contribution >= 0.6 is 15.9 Å². The van der Waals surface area contributed by atoms with Crippen LogP contribution in [-0.2, 0) is 0 Å². The minimum atomic E-state index is -0.223. The van der Waals surface area contributed by atoms with Gasteiger partial charge in [-0.05, 0) is 40.9 Å². The smallest absolute Gasteiger partial charge is 0.150 e. The van der Waals surface area contributed by atoms with Gasteiger partial charge in [-0.2, -0.15) is 0 Å². The quantitative estimate of drug-likeness (QED) is 0.765. The van der Waals surface area contributed by atoms with Crippen LogP contribution in [0.1, 0.15) is 24.6 Å². The normalized spacial score (nSPS) is 16.4. The van der Waals surface area contributed by atoms with Crippen LogP contribution in [0.25, 0.3) is 5.52 Å². The Morgan fingerprint density at radius 3 is 3.00 bits per heavy atom. The highest BCUT2D eigenvalue weighted by Crippen LogP contribution is 2.40. The summed E-state index contributed by atoms with van der Waals surface area (Å²) in [6.07, 6.45) is 4.20. The fourth-order valence-electron chi connectivity index (χ4n) is 1.71. The average Bonchev–Trinajstić information content (AvgIpc) is 2.93. The Morgan fingerprint density at radius 2 is 2.29 bits per heavy atom. The molecule has 2 nitrogen and oxygen atoms in total. The van der Waals surface area contributed by atoms with Crippen molar-refractivity contribution in [2.45, 2.75) is 18.8 Å². The Kier molecular flexibility index (Phi) is 1.68. The van der Waals surface area contributed by atoms with E-state index in [1.54, 1.807) is 6.07 Å². The highest BCUT2D eigenvalue weighted by Gasteiger charge is 2.29. The number of imidazole rings is 1. The summed E-state index contributed by atoms with van der Waals surface area (Å²) in [4.78, 5) is 4.35. The maximum absolute atomic E-state index is 13.5. The van der Waals surface area contributed by atoms with Crippen molar-refractivity contribution in [3.63, 3.8) is 0 Å². The highest BCUT2D eigenvalue weighted by molar-refractivity contribution is 9.10. The van der Waals surface area contributed by atoms with Crippen molar-refractivity contribution in [1.29, 1.82) is 0 Å². The Bertz CT molecular complexity index is 502. The predicted molar refractivity (Wildman–Crippen MR) is 54.8 cm³/mol. The van der Waals surface area contributed by atoms with Gasteiger partial charge in [-0.15, -0.1) is 0 Å². The molecule has 1 aliphatic rings. The summed E-state index contributed by atoms with van der Waals surface area (Å²) >= 11 is 3.29. The molecule has 72 valence electrons. The highest BCUT2D eigenvalue weighted by atomic mass is 79.9. The first-order valence-corrected chi connectivity index (χ1v) is 5.38. The molecule has 0 amide bonds. The van der Waals surface area contributed by atoms with E-state index in [9.17, 15) is 4.39 Å². The third kappa shape index (κ3) is 1.10. The van der Waals surface area contributed by atoms with E-state index in [2.05, 4.69) is 20.9 Å². The largest absolute Gasteiger partial charge is 0.300 e. The number of hydrogen-bond acceptors (Lipinski definition) is 1. The van der Waals surface area contributed by atoms with E-state index < -0.39 is 0 Å². The van der Waals surface area contributed by atoms with E-state index in [0.717, 1.165) is 5.82 Å². The Balaban J connectivity index is 2.37. The van der Waals surface area contributed by atoms with Crippen LogP contribution < -0.4 is 0 Å². The Labute approximate surface area is 88.9 Å². The minimum Gasteiger partial charge on any atom is -0.300 e. The molecule has 1 aliphatic carbocycles. The lowest BCUT2D eigenvalue weighted by atomic mass is 10.4. The third-order valence-electron chi connectivity index (χ3n) is 2.54. The van der Waals surface area contributed by atoms with E-state index in [4.69, 9.17) is 0 Å². The number of pyridine rings is 1. The molecule has 14 heavy (non-hydrogen) atoms. The van der Waals surface area contributed by atoms with E-state index >= 15 is 0 Å². The number of hydrogen-bond donors (Lipinski definition) is 0. The zero-order valence-corrected chi connectivity index (χ0v) is 8.96. The van der Waals surface area contributed by atoms with Crippen LogP contribution in [0.5, 0.6) is 0 Å². The number of aromatic nitrogens is 2. The third-order valence-corrected chi connectivity index (χ3v) is 3.10. The fourth-order valence-corrected chi connectivity index (χ4v) is 2.27. The lowest BCUT2D eigenvalue weighted by Gasteiger charge is -1.98. The molecule has 2 aromatic heterocycles. The van der Waals surface area contributed by atoms with Gasteiger partial charge in [-0.3, -0.25) is 4.40 Å². The number of rotatable bonds is 1. The Hall–Kier alpha value is -0.900. The van der Waals surface area contributed by atoms with Gasteiger partial charge in [0.2, 0.25) is 0 Å². The fraction of sp³-hybridized carbons (Fsp3) is 0.300. The van der Waals surface area contributed by atoms with Gasteiger partial charge in [-0.1, -0.05) is 0 Å². The van der Waals surface area contributed by atoms with E-state index in [-0.39, 0.29) is 5.82 Å². The molecule has 2 heterocycles. The van der Waals surface area contributed by atoms with Crippen LogP contribution in [0.3, 0.4) is 0 Å². The molecular formula is C10H8BrFN2. The molecule has 0 bridgehead atoms. The summed E-state index contributed by atoms with van der Waals surface area (Å²) in [5.74, 6) is 1.28. The van der Waals surface area contributed by atoms with Crippen molar-refractivity contribution in [1.82, 2.24) is 9.38 Å². The molecule has 0 spiro atoms. The first-order chi connectivity index (χ1) is 6.77. The second-order valence-electron chi connectivity index (χ2n) is 3.61. The number of nitrogens with zero attached hydrogens (tertiary/aromatic N) is 2. The predicted octanol–water partition coefficient (Wildman–Crippen LogP) is 3.11. The van der Waals surface area contributed by atoms with Crippen LogP contribution in [0.4, 0.5) is 4.39 Å². The molecule has 0 aliphatic heterocycles. The van der Waals surface area contributed by atoms with E-state index in [1.807, 2.05) is 10.6 Å². The molecule has 0 radical (unpaired) electrons. The molecule has 0 atom stereocenters. The first kappa shape index (κ1) is 8.41. The van der Waals surface area contributed by atoms with Gasteiger partial charge in [0.15, 0.2) is 0 Å². The summed E-state index contributed by atoms with van der Waals surface area (Å²) in [5, 5.41) is 0. The zero-order chi connectivity index (χ0) is 9.71. The van der Waals surface area contributed by atoms with Gasteiger partial charge in [0, 0.05) is 12.1 Å². The molecule has 0 unspecified atom stereocenters. The molecule has 2 aromatic rings. The molecule has 1 saturated carbocycles. The molecule has 3 rings (SSSR count). The lowest BCUT2D eigenvalue weighted by molar-refractivity contribution is 0.632. The molecule has 0 aromatic carbocycles. The minimum absolute atomic E-state index is 0.223. The molecule has 0 N–H and O–H groups in total. The molecular weight excluding hydrogens is 247 g/mol. The van der Waals surface area contributed by atoms with Gasteiger partial charge < -0.3 is 0 Å². The summed E-state index contributed by atoms with van der Waals surface area (Å²) in [7, 11) is 0. The molecule has 1 fully saturated rings. The molecule has 0 saturated heterocycles. The van der Waals surface area contributed by atoms with Gasteiger partial charge >= 0.3 is 0 Å². The maximum atomic E-state index is 13.5. The number of halogens is 2. The van der Waals surface area contributed by atoms with Crippen molar-refractivity contribution < 1.29 is 4.39 Å². The van der Waals surface area contributed by atoms with Crippen LogP contribution in [0.2, 0.25) is 0 Å². The lowest BCUT2D eigenvalue weighted by Crippen LogP contribution is -1.92. The Morgan fingerprint density at radius 1 is 1.50 bits per heavy atom. The summed E-state index contributed by atoms with van der Waals surface area (Å²) in [6.45, 7) is 0. The topological polar surface area (TPSA) is 17.3 Å². The van der Waals surface area contributed by atoms with Gasteiger partial charge in [0.1, 0.15) is 21.8 Å². The van der Waals surface area contributed by atoms with Crippen LogP contribution in [0, 0.1) is 5.82 Å². The van der Waals surface area contributed by atoms with E-state index in [1.165, 1.54) is 18.9 Å². The SMILES string of the molecule is Fc1cccn2c(C3CC3)nc(Br)c12. The monoisotopic (exact) mass is 254 g/mol. The van der Waals surface area contributed by atoms with E-state index in [0.29, 0.717) is 16.0 Å². The zero-order valence-electron chi connectivity index (χ0n) is 7.37. The molecule has 4 heteroatoms. The van der Waals surface area contributed by atoms with Crippen molar-refractivity contribution in [3.05, 3.63) is 34.6 Å². The van der Waals surface area contributed by atoms with Gasteiger partial charge in [0.25, 0.3) is 0 Å². The number of fused-ring (bicyclic) bond motifs is 1. The van der Waals surface area contributed by atoms with Crippen molar-refractivity contribution in [3.8, 4) is 0 Å². The first-order valence-electron chi connectivity index (χ1n) is 4.59.